The maximum atomic E-state index is 5.72. The fourth-order valence-electron chi connectivity index (χ4n) is 1.82. The second-order valence-electron chi connectivity index (χ2n) is 5.25. The predicted octanol–water partition coefficient (Wildman–Crippen LogP) is 1.15. The molecule has 5 nitrogen and oxygen atoms in total. The van der Waals surface area contributed by atoms with E-state index in [0.29, 0.717) is 5.92 Å². The van der Waals surface area contributed by atoms with Crippen LogP contribution in [-0.4, -0.2) is 63.3 Å². The van der Waals surface area contributed by atoms with E-state index < -0.39 is 0 Å². The summed E-state index contributed by atoms with van der Waals surface area (Å²) >= 11 is 0. The molecule has 0 amide bonds. The van der Waals surface area contributed by atoms with Crippen molar-refractivity contribution in [3.63, 3.8) is 0 Å². The Hall–Kier alpha value is -0.0800. The number of halogens is 1. The molecule has 114 valence electrons. The molecular weight excluding hydrogens is 355 g/mol. The maximum absolute atomic E-state index is 5.72. The second kappa shape index (κ2) is 10.7. The lowest BCUT2D eigenvalue weighted by Gasteiger charge is -2.30. The number of nitrogens with one attached hydrogen (secondary N) is 2. The quantitative estimate of drug-likeness (QED) is 0.424. The van der Waals surface area contributed by atoms with E-state index in [4.69, 9.17) is 4.74 Å². The third kappa shape index (κ3) is 8.65. The van der Waals surface area contributed by atoms with Gasteiger partial charge in [-0.15, -0.1) is 24.0 Å². The van der Waals surface area contributed by atoms with E-state index >= 15 is 0 Å². The molecule has 19 heavy (non-hydrogen) atoms. The number of rotatable bonds is 5. The zero-order chi connectivity index (χ0) is 13.4. The molecule has 1 aliphatic rings. The van der Waals surface area contributed by atoms with Gasteiger partial charge in [0.1, 0.15) is 0 Å². The van der Waals surface area contributed by atoms with E-state index in [1.807, 2.05) is 0 Å². The van der Waals surface area contributed by atoms with Crippen molar-refractivity contribution < 1.29 is 4.74 Å². The summed E-state index contributed by atoms with van der Waals surface area (Å²) in [4.78, 5) is 6.84. The standard InChI is InChI=1S/C13H28N4O.HI/c1-5-14-13(15-8-11(2)3)16-9-12-10-17(4)6-7-18-12;/h11-12H,5-10H2,1-4H3,(H2,14,15,16);1H. The molecule has 0 aliphatic carbocycles. The summed E-state index contributed by atoms with van der Waals surface area (Å²) in [7, 11) is 2.13. The molecule has 1 atom stereocenters. The van der Waals surface area contributed by atoms with Crippen molar-refractivity contribution in [3.05, 3.63) is 0 Å². The number of morpholine rings is 1. The summed E-state index contributed by atoms with van der Waals surface area (Å²) < 4.78 is 5.72. The predicted molar refractivity (Wildman–Crippen MR) is 91.5 cm³/mol. The second-order valence-corrected chi connectivity index (χ2v) is 5.25. The van der Waals surface area contributed by atoms with Crippen molar-refractivity contribution in [3.8, 4) is 0 Å². The average Bonchev–Trinajstić information content (AvgIpc) is 2.32. The van der Waals surface area contributed by atoms with Crippen molar-refractivity contribution >= 4 is 29.9 Å². The average molecular weight is 384 g/mol. The minimum atomic E-state index is 0. The Balaban J connectivity index is 0.00000324. The first-order valence-corrected chi connectivity index (χ1v) is 6.94. The highest BCUT2D eigenvalue weighted by Gasteiger charge is 2.17. The summed E-state index contributed by atoms with van der Waals surface area (Å²) in [5, 5.41) is 6.61. The fraction of sp³-hybridized carbons (Fsp3) is 0.923. The van der Waals surface area contributed by atoms with Crippen LogP contribution in [0.3, 0.4) is 0 Å². The number of hydrogen-bond acceptors (Lipinski definition) is 3. The van der Waals surface area contributed by atoms with Gasteiger partial charge in [-0.1, -0.05) is 13.8 Å². The molecule has 1 aliphatic heterocycles. The number of ether oxygens (including phenoxy) is 1. The number of nitrogens with zero attached hydrogens (tertiary/aromatic N) is 2. The summed E-state index contributed by atoms with van der Waals surface area (Å²) in [5.41, 5.74) is 0. The number of guanidine groups is 1. The Morgan fingerprint density at radius 3 is 2.74 bits per heavy atom. The van der Waals surface area contributed by atoms with Crippen molar-refractivity contribution in [2.24, 2.45) is 10.9 Å². The Morgan fingerprint density at radius 2 is 2.16 bits per heavy atom. The first-order chi connectivity index (χ1) is 8.61. The van der Waals surface area contributed by atoms with Gasteiger partial charge in [0.25, 0.3) is 0 Å². The van der Waals surface area contributed by atoms with Crippen LogP contribution >= 0.6 is 24.0 Å². The van der Waals surface area contributed by atoms with Crippen LogP contribution in [0.25, 0.3) is 0 Å². The third-order valence-corrected chi connectivity index (χ3v) is 2.80. The van der Waals surface area contributed by atoms with E-state index in [-0.39, 0.29) is 30.1 Å². The topological polar surface area (TPSA) is 48.9 Å². The van der Waals surface area contributed by atoms with Gasteiger partial charge >= 0.3 is 0 Å². The minimum Gasteiger partial charge on any atom is -0.374 e. The van der Waals surface area contributed by atoms with Crippen molar-refractivity contribution in [2.75, 3.05) is 46.4 Å². The molecule has 1 fully saturated rings. The van der Waals surface area contributed by atoms with Gasteiger partial charge in [-0.05, 0) is 19.9 Å². The number of hydrogen-bond donors (Lipinski definition) is 2. The van der Waals surface area contributed by atoms with E-state index in [9.17, 15) is 0 Å². The molecule has 0 spiro atoms. The normalized spacial score (nSPS) is 21.1. The van der Waals surface area contributed by atoms with Crippen LogP contribution in [0, 0.1) is 5.92 Å². The Labute approximate surface area is 134 Å². The van der Waals surface area contributed by atoms with Gasteiger partial charge in [0.15, 0.2) is 5.96 Å². The van der Waals surface area contributed by atoms with Gasteiger partial charge in [0.2, 0.25) is 0 Å². The van der Waals surface area contributed by atoms with Gasteiger partial charge in [0, 0.05) is 32.7 Å². The molecule has 0 aromatic heterocycles. The third-order valence-electron chi connectivity index (χ3n) is 2.80. The molecule has 0 saturated carbocycles. The van der Waals surface area contributed by atoms with Crippen LogP contribution in [0.4, 0.5) is 0 Å². The molecule has 1 rings (SSSR count). The molecule has 1 saturated heterocycles. The van der Waals surface area contributed by atoms with Gasteiger partial charge in [-0.25, -0.2) is 0 Å². The van der Waals surface area contributed by atoms with E-state index in [1.165, 1.54) is 0 Å². The van der Waals surface area contributed by atoms with Crippen molar-refractivity contribution in [2.45, 2.75) is 26.9 Å². The highest BCUT2D eigenvalue weighted by atomic mass is 127. The van der Waals surface area contributed by atoms with Gasteiger partial charge in [0.05, 0.1) is 12.7 Å². The molecular formula is C13H29IN4O. The van der Waals surface area contributed by atoms with Crippen LogP contribution in [0.2, 0.25) is 0 Å². The van der Waals surface area contributed by atoms with Crippen LogP contribution in [-0.2, 0) is 4.74 Å². The summed E-state index contributed by atoms with van der Waals surface area (Å²) in [6, 6.07) is 0. The molecule has 0 aromatic carbocycles. The summed E-state index contributed by atoms with van der Waals surface area (Å²) in [6.07, 6.45) is 0.256. The molecule has 0 aromatic rings. The highest BCUT2D eigenvalue weighted by molar-refractivity contribution is 14.0. The van der Waals surface area contributed by atoms with Crippen molar-refractivity contribution in [1.82, 2.24) is 15.5 Å². The first-order valence-electron chi connectivity index (χ1n) is 6.94. The summed E-state index contributed by atoms with van der Waals surface area (Å²) in [5.74, 6) is 1.47. The monoisotopic (exact) mass is 384 g/mol. The molecule has 1 unspecified atom stereocenters. The van der Waals surface area contributed by atoms with Crippen LogP contribution < -0.4 is 10.6 Å². The first kappa shape index (κ1) is 18.9. The smallest absolute Gasteiger partial charge is 0.191 e. The minimum absolute atomic E-state index is 0. The molecule has 0 bridgehead atoms. The van der Waals surface area contributed by atoms with Crippen LogP contribution in [0.15, 0.2) is 4.99 Å². The number of aliphatic imine (C=N–C) groups is 1. The van der Waals surface area contributed by atoms with Crippen molar-refractivity contribution in [1.29, 1.82) is 0 Å². The number of likely N-dealkylation sites (N-methyl/N-ethyl adjacent to an activating group) is 1. The fourth-order valence-corrected chi connectivity index (χ4v) is 1.82. The zero-order valence-corrected chi connectivity index (χ0v) is 14.9. The van der Waals surface area contributed by atoms with Crippen LogP contribution in [0.5, 0.6) is 0 Å². The Morgan fingerprint density at radius 1 is 1.42 bits per heavy atom. The lowest BCUT2D eigenvalue weighted by atomic mass is 10.2. The van der Waals surface area contributed by atoms with Gasteiger partial charge < -0.3 is 20.3 Å². The molecule has 6 heteroatoms. The van der Waals surface area contributed by atoms with Crippen LogP contribution in [0.1, 0.15) is 20.8 Å². The largest absolute Gasteiger partial charge is 0.374 e. The Kier molecular flexibility index (Phi) is 10.6. The SMILES string of the molecule is CCNC(=NCC(C)C)NCC1CN(C)CCO1.I. The Bertz CT molecular complexity index is 261. The lowest BCUT2D eigenvalue weighted by molar-refractivity contribution is -0.0161. The molecule has 0 radical (unpaired) electrons. The maximum Gasteiger partial charge on any atom is 0.191 e. The van der Waals surface area contributed by atoms with E-state index in [2.05, 4.69) is 48.3 Å². The highest BCUT2D eigenvalue weighted by Crippen LogP contribution is 2.01. The summed E-state index contributed by atoms with van der Waals surface area (Å²) in [6.45, 7) is 11.8. The van der Waals surface area contributed by atoms with Gasteiger partial charge in [-0.3, -0.25) is 4.99 Å². The van der Waals surface area contributed by atoms with Gasteiger partial charge in [-0.2, -0.15) is 0 Å². The van der Waals surface area contributed by atoms with E-state index in [0.717, 1.165) is 45.3 Å². The lowest BCUT2D eigenvalue weighted by Crippen LogP contribution is -2.48. The zero-order valence-electron chi connectivity index (χ0n) is 12.6. The molecule has 1 heterocycles. The van der Waals surface area contributed by atoms with E-state index in [1.54, 1.807) is 0 Å². The molecule has 2 N–H and O–H groups in total.